The van der Waals surface area contributed by atoms with Crippen LogP contribution in [0.3, 0.4) is 0 Å². The SMILES string of the molecule is CC(C(=O)NNC(=O)c1ccc(CS(=O)(=O)c2ccccc2)o1)n1cnc2ccccc21. The summed E-state index contributed by atoms with van der Waals surface area (Å²) >= 11 is 0. The van der Waals surface area contributed by atoms with Gasteiger partial charge in [-0.3, -0.25) is 20.4 Å². The van der Waals surface area contributed by atoms with Crippen LogP contribution in [0.25, 0.3) is 11.0 Å². The van der Waals surface area contributed by atoms with Gasteiger partial charge >= 0.3 is 5.91 Å². The molecule has 0 aliphatic heterocycles. The van der Waals surface area contributed by atoms with Gasteiger partial charge in [-0.05, 0) is 43.3 Å². The van der Waals surface area contributed by atoms with Crippen molar-refractivity contribution >= 4 is 32.7 Å². The third-order valence-corrected chi connectivity index (χ3v) is 6.55. The van der Waals surface area contributed by atoms with Crippen LogP contribution in [0.4, 0.5) is 0 Å². The lowest BCUT2D eigenvalue weighted by molar-refractivity contribution is -0.124. The van der Waals surface area contributed by atoms with Gasteiger partial charge in [0.15, 0.2) is 15.6 Å². The van der Waals surface area contributed by atoms with E-state index in [0.717, 1.165) is 11.0 Å². The van der Waals surface area contributed by atoms with E-state index >= 15 is 0 Å². The van der Waals surface area contributed by atoms with Crippen LogP contribution >= 0.6 is 0 Å². The van der Waals surface area contributed by atoms with E-state index in [1.807, 2.05) is 24.3 Å². The molecule has 1 atom stereocenters. The van der Waals surface area contributed by atoms with E-state index in [1.165, 1.54) is 24.3 Å². The van der Waals surface area contributed by atoms with Crippen molar-refractivity contribution < 1.29 is 22.4 Å². The number of hydrogen-bond acceptors (Lipinski definition) is 6. The van der Waals surface area contributed by atoms with Crippen LogP contribution in [0, 0.1) is 0 Å². The number of benzene rings is 2. The molecule has 2 aromatic carbocycles. The molecule has 4 rings (SSSR count). The summed E-state index contributed by atoms with van der Waals surface area (Å²) in [6.07, 6.45) is 1.56. The minimum absolute atomic E-state index is 0.114. The molecule has 10 heteroatoms. The predicted octanol–water partition coefficient (Wildman–Crippen LogP) is 2.63. The number of rotatable bonds is 6. The Hall–Kier alpha value is -3.92. The van der Waals surface area contributed by atoms with E-state index in [-0.39, 0.29) is 22.2 Å². The maximum absolute atomic E-state index is 12.5. The fraction of sp³-hybridized carbons (Fsp3) is 0.136. The average Bonchev–Trinajstić information content (AvgIpc) is 3.44. The number of furan rings is 1. The number of carbonyl (C=O) groups is 2. The van der Waals surface area contributed by atoms with Gasteiger partial charge in [-0.15, -0.1) is 0 Å². The molecule has 0 bridgehead atoms. The Kier molecular flexibility index (Phi) is 5.78. The number of sulfone groups is 1. The lowest BCUT2D eigenvalue weighted by atomic mass is 10.2. The molecule has 2 amide bonds. The maximum Gasteiger partial charge on any atom is 0.305 e. The van der Waals surface area contributed by atoms with E-state index in [1.54, 1.807) is 36.0 Å². The summed E-state index contributed by atoms with van der Waals surface area (Å²) in [5.74, 6) is -1.56. The summed E-state index contributed by atoms with van der Waals surface area (Å²) < 4.78 is 32.0. The summed E-state index contributed by atoms with van der Waals surface area (Å²) in [6.45, 7) is 1.68. The highest BCUT2D eigenvalue weighted by molar-refractivity contribution is 7.90. The second kappa shape index (κ2) is 8.67. The summed E-state index contributed by atoms with van der Waals surface area (Å²) in [4.78, 5) is 29.2. The zero-order valence-corrected chi connectivity index (χ0v) is 17.9. The first-order valence-corrected chi connectivity index (χ1v) is 11.4. The number of imidazole rings is 1. The molecular weight excluding hydrogens is 432 g/mol. The van der Waals surface area contributed by atoms with Crippen LogP contribution in [0.2, 0.25) is 0 Å². The molecule has 2 heterocycles. The summed E-state index contributed by atoms with van der Waals surface area (Å²) in [6, 6.07) is 17.5. The number of fused-ring (bicyclic) bond motifs is 1. The van der Waals surface area contributed by atoms with E-state index in [9.17, 15) is 18.0 Å². The fourth-order valence-corrected chi connectivity index (χ4v) is 4.44. The van der Waals surface area contributed by atoms with Crippen LogP contribution in [0.15, 0.2) is 82.4 Å². The molecule has 2 aromatic heterocycles. The minimum Gasteiger partial charge on any atom is -0.455 e. The fourth-order valence-electron chi connectivity index (χ4n) is 3.17. The van der Waals surface area contributed by atoms with Crippen molar-refractivity contribution in [3.05, 3.63) is 84.6 Å². The molecule has 4 aromatic rings. The molecule has 0 aliphatic carbocycles. The van der Waals surface area contributed by atoms with Gasteiger partial charge in [-0.1, -0.05) is 30.3 Å². The third-order valence-electron chi connectivity index (χ3n) is 4.90. The molecule has 0 radical (unpaired) electrons. The van der Waals surface area contributed by atoms with Crippen molar-refractivity contribution in [2.45, 2.75) is 23.6 Å². The van der Waals surface area contributed by atoms with Gasteiger partial charge in [0.05, 0.1) is 22.3 Å². The monoisotopic (exact) mass is 452 g/mol. The zero-order valence-electron chi connectivity index (χ0n) is 17.1. The van der Waals surface area contributed by atoms with Crippen LogP contribution in [-0.2, 0) is 20.4 Å². The Morgan fingerprint density at radius 1 is 1.00 bits per heavy atom. The molecule has 0 fully saturated rings. The normalized spacial score (nSPS) is 12.4. The zero-order chi connectivity index (χ0) is 22.7. The van der Waals surface area contributed by atoms with Crippen molar-refractivity contribution in [1.82, 2.24) is 20.4 Å². The van der Waals surface area contributed by atoms with Gasteiger partial charge in [0.1, 0.15) is 17.6 Å². The summed E-state index contributed by atoms with van der Waals surface area (Å²) in [5, 5.41) is 0. The molecule has 9 nitrogen and oxygen atoms in total. The van der Waals surface area contributed by atoms with Crippen molar-refractivity contribution in [2.24, 2.45) is 0 Å². The van der Waals surface area contributed by atoms with Gasteiger partial charge in [0.2, 0.25) is 0 Å². The number of amides is 2. The molecule has 2 N–H and O–H groups in total. The Morgan fingerprint density at radius 3 is 2.50 bits per heavy atom. The topological polar surface area (TPSA) is 123 Å². The molecule has 0 aliphatic rings. The van der Waals surface area contributed by atoms with Crippen molar-refractivity contribution in [1.29, 1.82) is 0 Å². The smallest absolute Gasteiger partial charge is 0.305 e. The van der Waals surface area contributed by atoms with Crippen LogP contribution < -0.4 is 10.9 Å². The summed E-state index contributed by atoms with van der Waals surface area (Å²) in [5.41, 5.74) is 6.18. The first-order valence-electron chi connectivity index (χ1n) is 9.73. The largest absolute Gasteiger partial charge is 0.455 e. The second-order valence-corrected chi connectivity index (χ2v) is 9.09. The lowest BCUT2D eigenvalue weighted by Crippen LogP contribution is -2.44. The number of nitrogens with one attached hydrogen (secondary N) is 2. The molecular formula is C22H20N4O5S. The first kappa shape index (κ1) is 21.3. The molecule has 0 spiro atoms. The highest BCUT2D eigenvalue weighted by Crippen LogP contribution is 2.19. The lowest BCUT2D eigenvalue weighted by Gasteiger charge is -2.14. The number of nitrogens with zero attached hydrogens (tertiary/aromatic N) is 2. The van der Waals surface area contributed by atoms with Gasteiger partial charge < -0.3 is 8.98 Å². The highest BCUT2D eigenvalue weighted by atomic mass is 32.2. The Labute approximate surface area is 184 Å². The Balaban J connectivity index is 1.37. The molecule has 0 saturated carbocycles. The van der Waals surface area contributed by atoms with Crippen molar-refractivity contribution in [2.75, 3.05) is 0 Å². The molecule has 164 valence electrons. The Bertz CT molecular complexity index is 1380. The third kappa shape index (κ3) is 4.40. The van der Waals surface area contributed by atoms with Crippen LogP contribution in [-0.4, -0.2) is 29.8 Å². The van der Waals surface area contributed by atoms with Crippen molar-refractivity contribution in [3.8, 4) is 0 Å². The van der Waals surface area contributed by atoms with Gasteiger partial charge in [-0.2, -0.15) is 0 Å². The van der Waals surface area contributed by atoms with Gasteiger partial charge in [0, 0.05) is 0 Å². The number of hydrazine groups is 1. The first-order chi connectivity index (χ1) is 15.3. The molecule has 0 saturated heterocycles. The number of para-hydroxylation sites is 2. The van der Waals surface area contributed by atoms with E-state index in [0.29, 0.717) is 0 Å². The van der Waals surface area contributed by atoms with Crippen molar-refractivity contribution in [3.63, 3.8) is 0 Å². The van der Waals surface area contributed by atoms with Gasteiger partial charge in [-0.25, -0.2) is 13.4 Å². The Morgan fingerprint density at radius 2 is 1.72 bits per heavy atom. The van der Waals surface area contributed by atoms with E-state index < -0.39 is 27.7 Å². The van der Waals surface area contributed by atoms with E-state index in [4.69, 9.17) is 4.42 Å². The summed E-state index contributed by atoms with van der Waals surface area (Å²) in [7, 11) is -3.61. The standard InChI is InChI=1S/C22H20N4O5S/c1-15(26-14-23-18-9-5-6-10-19(18)26)21(27)24-25-22(28)20-12-11-16(31-20)13-32(29,30)17-7-3-2-4-8-17/h2-12,14-15H,13H2,1H3,(H,24,27)(H,25,28). The number of hydrogen-bond donors (Lipinski definition) is 2. The molecule has 32 heavy (non-hydrogen) atoms. The van der Waals surface area contributed by atoms with Crippen LogP contribution in [0.5, 0.6) is 0 Å². The maximum atomic E-state index is 12.5. The highest BCUT2D eigenvalue weighted by Gasteiger charge is 2.21. The average molecular weight is 452 g/mol. The second-order valence-electron chi connectivity index (χ2n) is 7.10. The van der Waals surface area contributed by atoms with E-state index in [2.05, 4.69) is 15.8 Å². The predicted molar refractivity (Wildman–Crippen MR) is 116 cm³/mol. The number of aromatic nitrogens is 2. The van der Waals surface area contributed by atoms with Crippen LogP contribution in [0.1, 0.15) is 29.3 Å². The van der Waals surface area contributed by atoms with Gasteiger partial charge in [0.25, 0.3) is 5.91 Å². The number of carbonyl (C=O) groups excluding carboxylic acids is 2. The quantitative estimate of drug-likeness (QED) is 0.434. The minimum atomic E-state index is -3.61. The molecule has 1 unspecified atom stereocenters.